The van der Waals surface area contributed by atoms with Crippen molar-refractivity contribution in [2.24, 2.45) is 0 Å². The average Bonchev–Trinajstić information content (AvgIpc) is 2.85. The molecule has 108 valence electrons. The Bertz CT molecular complexity index is 922. The van der Waals surface area contributed by atoms with Crippen LogP contribution in [0.5, 0.6) is 0 Å². The minimum Gasteiger partial charge on any atom is -0.276 e. The zero-order chi connectivity index (χ0) is 15.0. The molecular weight excluding hydrogens is 300 g/mol. The average molecular weight is 309 g/mol. The van der Waals surface area contributed by atoms with Crippen LogP contribution in [0.4, 0.5) is 14.6 Å². The second-order valence-corrected chi connectivity index (χ2v) is 5.98. The Morgan fingerprint density at radius 2 is 1.81 bits per heavy atom. The quantitative estimate of drug-likeness (QED) is 0.781. The van der Waals surface area contributed by atoms with E-state index in [0.717, 1.165) is 12.1 Å². The summed E-state index contributed by atoms with van der Waals surface area (Å²) in [7, 11) is -4.05. The SMILES string of the molecule is O=S(=O)(Nc1n[nH]c2ccccc12)c1ccc(F)c(F)c1. The highest BCUT2D eigenvalue weighted by atomic mass is 32.2. The molecule has 2 aromatic carbocycles. The van der Waals surface area contributed by atoms with E-state index >= 15 is 0 Å². The Morgan fingerprint density at radius 1 is 1.05 bits per heavy atom. The Kier molecular flexibility index (Phi) is 3.09. The van der Waals surface area contributed by atoms with Crippen LogP contribution in [0.2, 0.25) is 0 Å². The highest BCUT2D eigenvalue weighted by molar-refractivity contribution is 7.92. The molecule has 0 aliphatic rings. The van der Waals surface area contributed by atoms with E-state index < -0.39 is 21.7 Å². The summed E-state index contributed by atoms with van der Waals surface area (Å²) < 4.78 is 52.6. The van der Waals surface area contributed by atoms with E-state index in [1.165, 1.54) is 0 Å². The number of aromatic nitrogens is 2. The third kappa shape index (κ3) is 2.45. The summed E-state index contributed by atoms with van der Waals surface area (Å²) in [6.45, 7) is 0. The number of para-hydroxylation sites is 1. The number of nitrogens with one attached hydrogen (secondary N) is 2. The van der Waals surface area contributed by atoms with E-state index in [4.69, 9.17) is 0 Å². The van der Waals surface area contributed by atoms with Gasteiger partial charge in [-0.15, -0.1) is 0 Å². The maximum Gasteiger partial charge on any atom is 0.263 e. The zero-order valence-electron chi connectivity index (χ0n) is 10.5. The number of sulfonamides is 1. The Labute approximate surface area is 118 Å². The third-order valence-corrected chi connectivity index (χ3v) is 4.24. The lowest BCUT2D eigenvalue weighted by atomic mass is 10.2. The highest BCUT2D eigenvalue weighted by Gasteiger charge is 2.19. The van der Waals surface area contributed by atoms with E-state index in [2.05, 4.69) is 14.9 Å². The van der Waals surface area contributed by atoms with Crippen molar-refractivity contribution in [1.29, 1.82) is 0 Å². The Hall–Kier alpha value is -2.48. The van der Waals surface area contributed by atoms with Gasteiger partial charge < -0.3 is 0 Å². The largest absolute Gasteiger partial charge is 0.276 e. The lowest BCUT2D eigenvalue weighted by Gasteiger charge is -2.06. The van der Waals surface area contributed by atoms with E-state index in [0.29, 0.717) is 17.0 Å². The van der Waals surface area contributed by atoms with Gasteiger partial charge in [-0.25, -0.2) is 17.2 Å². The van der Waals surface area contributed by atoms with Crippen LogP contribution in [-0.4, -0.2) is 18.6 Å². The fourth-order valence-electron chi connectivity index (χ4n) is 1.87. The van der Waals surface area contributed by atoms with Crippen LogP contribution >= 0.6 is 0 Å². The van der Waals surface area contributed by atoms with Crippen LogP contribution in [0.3, 0.4) is 0 Å². The summed E-state index contributed by atoms with van der Waals surface area (Å²) in [5, 5.41) is 7.11. The summed E-state index contributed by atoms with van der Waals surface area (Å²) in [4.78, 5) is -0.381. The van der Waals surface area contributed by atoms with Gasteiger partial charge in [0, 0.05) is 5.39 Å². The molecular formula is C13H9F2N3O2S. The second kappa shape index (κ2) is 4.81. The standard InChI is InChI=1S/C13H9F2N3O2S/c14-10-6-5-8(7-11(10)15)21(19,20)18-13-9-3-1-2-4-12(9)16-17-13/h1-7H,(H2,16,17,18). The van der Waals surface area contributed by atoms with Gasteiger partial charge in [0.05, 0.1) is 10.4 Å². The molecule has 0 saturated carbocycles. The van der Waals surface area contributed by atoms with Gasteiger partial charge in [0.25, 0.3) is 10.0 Å². The number of fused-ring (bicyclic) bond motifs is 1. The minimum absolute atomic E-state index is 0.0929. The number of benzene rings is 2. The number of nitrogens with zero attached hydrogens (tertiary/aromatic N) is 1. The van der Waals surface area contributed by atoms with Crippen molar-refractivity contribution in [3.63, 3.8) is 0 Å². The molecule has 0 spiro atoms. The highest BCUT2D eigenvalue weighted by Crippen LogP contribution is 2.23. The van der Waals surface area contributed by atoms with Crippen molar-refractivity contribution in [3.8, 4) is 0 Å². The van der Waals surface area contributed by atoms with Crippen molar-refractivity contribution >= 4 is 26.7 Å². The summed E-state index contributed by atoms with van der Waals surface area (Å²) in [6.07, 6.45) is 0. The minimum atomic E-state index is -4.05. The summed E-state index contributed by atoms with van der Waals surface area (Å²) in [5.41, 5.74) is 0.653. The number of anilines is 1. The Balaban J connectivity index is 2.01. The normalized spacial score (nSPS) is 11.7. The van der Waals surface area contributed by atoms with Gasteiger partial charge in [-0.3, -0.25) is 9.82 Å². The summed E-state index contributed by atoms with van der Waals surface area (Å²) in [5.74, 6) is -2.25. The fourth-order valence-corrected chi connectivity index (χ4v) is 2.91. The predicted molar refractivity (Wildman–Crippen MR) is 73.3 cm³/mol. The molecule has 0 fully saturated rings. The van der Waals surface area contributed by atoms with Crippen molar-refractivity contribution in [1.82, 2.24) is 10.2 Å². The lowest BCUT2D eigenvalue weighted by Crippen LogP contribution is -2.14. The van der Waals surface area contributed by atoms with Gasteiger partial charge in [-0.1, -0.05) is 12.1 Å². The van der Waals surface area contributed by atoms with Crippen molar-refractivity contribution < 1.29 is 17.2 Å². The molecule has 0 aliphatic carbocycles. The number of halogens is 2. The van der Waals surface area contributed by atoms with Crippen molar-refractivity contribution in [2.75, 3.05) is 4.72 Å². The van der Waals surface area contributed by atoms with Crippen molar-refractivity contribution in [3.05, 3.63) is 54.1 Å². The molecule has 0 bridgehead atoms. The monoisotopic (exact) mass is 309 g/mol. The van der Waals surface area contributed by atoms with Gasteiger partial charge in [0.15, 0.2) is 17.5 Å². The number of hydrogen-bond acceptors (Lipinski definition) is 3. The molecule has 3 aromatic rings. The van der Waals surface area contributed by atoms with Gasteiger partial charge in [-0.05, 0) is 30.3 Å². The van der Waals surface area contributed by atoms with E-state index in [-0.39, 0.29) is 10.7 Å². The molecule has 3 rings (SSSR count). The molecule has 1 aromatic heterocycles. The molecule has 0 radical (unpaired) electrons. The fraction of sp³-hybridized carbons (Fsp3) is 0. The van der Waals surface area contributed by atoms with Crippen LogP contribution < -0.4 is 4.72 Å². The summed E-state index contributed by atoms with van der Waals surface area (Å²) in [6, 6.07) is 9.27. The number of rotatable bonds is 3. The molecule has 0 aliphatic heterocycles. The van der Waals surface area contributed by atoms with Crippen LogP contribution in [-0.2, 0) is 10.0 Å². The third-order valence-electron chi connectivity index (χ3n) is 2.90. The maximum atomic E-state index is 13.2. The van der Waals surface area contributed by atoms with Gasteiger partial charge in [0.2, 0.25) is 0 Å². The molecule has 0 saturated heterocycles. The van der Waals surface area contributed by atoms with Gasteiger partial charge in [-0.2, -0.15) is 5.10 Å². The number of H-pyrrole nitrogens is 1. The maximum absolute atomic E-state index is 13.2. The van der Waals surface area contributed by atoms with E-state index in [1.807, 2.05) is 0 Å². The molecule has 21 heavy (non-hydrogen) atoms. The van der Waals surface area contributed by atoms with Crippen molar-refractivity contribution in [2.45, 2.75) is 4.90 Å². The molecule has 2 N–H and O–H groups in total. The molecule has 0 amide bonds. The molecule has 0 unspecified atom stereocenters. The predicted octanol–water partition coefficient (Wildman–Crippen LogP) is 2.64. The second-order valence-electron chi connectivity index (χ2n) is 4.30. The van der Waals surface area contributed by atoms with Crippen LogP contribution in [0.15, 0.2) is 47.4 Å². The molecule has 5 nitrogen and oxygen atoms in total. The van der Waals surface area contributed by atoms with E-state index in [9.17, 15) is 17.2 Å². The van der Waals surface area contributed by atoms with Crippen LogP contribution in [0, 0.1) is 11.6 Å². The van der Waals surface area contributed by atoms with Crippen LogP contribution in [0.1, 0.15) is 0 Å². The molecule has 1 heterocycles. The molecule has 0 atom stereocenters. The molecule has 8 heteroatoms. The number of aromatic amines is 1. The smallest absolute Gasteiger partial charge is 0.263 e. The summed E-state index contributed by atoms with van der Waals surface area (Å²) >= 11 is 0. The Morgan fingerprint density at radius 3 is 2.57 bits per heavy atom. The lowest BCUT2D eigenvalue weighted by molar-refractivity contribution is 0.504. The first-order valence-corrected chi connectivity index (χ1v) is 7.37. The van der Waals surface area contributed by atoms with Gasteiger partial charge in [0.1, 0.15) is 0 Å². The first-order chi connectivity index (χ1) is 9.97. The van der Waals surface area contributed by atoms with Crippen LogP contribution in [0.25, 0.3) is 10.9 Å². The first-order valence-electron chi connectivity index (χ1n) is 5.88. The van der Waals surface area contributed by atoms with E-state index in [1.54, 1.807) is 24.3 Å². The van der Waals surface area contributed by atoms with Gasteiger partial charge >= 0.3 is 0 Å². The topological polar surface area (TPSA) is 74.8 Å². The zero-order valence-corrected chi connectivity index (χ0v) is 11.3. The first kappa shape index (κ1) is 13.5. The number of hydrogen-bond donors (Lipinski definition) is 2.